The summed E-state index contributed by atoms with van der Waals surface area (Å²) in [5.74, 6) is 1.35. The summed E-state index contributed by atoms with van der Waals surface area (Å²) in [5, 5.41) is 0.420. The molecular formula is C19H21ClO3. The van der Waals surface area contributed by atoms with Gasteiger partial charge in [0.05, 0.1) is 5.02 Å². The minimum atomic E-state index is 0.131. The van der Waals surface area contributed by atoms with Crippen LogP contribution in [0.25, 0.3) is 0 Å². The Balaban J connectivity index is 1.82. The van der Waals surface area contributed by atoms with Gasteiger partial charge >= 0.3 is 0 Å². The molecule has 0 aliphatic rings. The van der Waals surface area contributed by atoms with Gasteiger partial charge in [-0.2, -0.15) is 0 Å². The van der Waals surface area contributed by atoms with Crippen LogP contribution >= 0.6 is 11.6 Å². The molecule has 0 fully saturated rings. The van der Waals surface area contributed by atoms with E-state index in [0.29, 0.717) is 29.5 Å². The molecule has 0 heterocycles. The Hall–Kier alpha value is -2.00. The van der Waals surface area contributed by atoms with Crippen LogP contribution in [0.3, 0.4) is 0 Å². The lowest BCUT2D eigenvalue weighted by Crippen LogP contribution is -2.11. The number of benzene rings is 2. The molecule has 2 aromatic rings. The predicted molar refractivity (Wildman–Crippen MR) is 93.0 cm³/mol. The van der Waals surface area contributed by atoms with E-state index in [1.165, 1.54) is 5.56 Å². The van der Waals surface area contributed by atoms with Crippen LogP contribution in [0.1, 0.15) is 36.7 Å². The maximum atomic E-state index is 10.7. The highest BCUT2D eigenvalue weighted by atomic mass is 35.5. The maximum absolute atomic E-state index is 10.7. The summed E-state index contributed by atoms with van der Waals surface area (Å²) in [5.41, 5.74) is 1.92. The predicted octanol–water partition coefficient (Wildman–Crippen LogP) is 4.91. The summed E-state index contributed by atoms with van der Waals surface area (Å²) >= 11 is 6.04. The van der Waals surface area contributed by atoms with E-state index in [1.54, 1.807) is 18.2 Å². The van der Waals surface area contributed by atoms with Crippen molar-refractivity contribution >= 4 is 17.9 Å². The SMILES string of the molecule is CC(C)(C)c1ccc(OCCOc2ccc(C=O)cc2Cl)cc1. The quantitative estimate of drug-likeness (QED) is 0.557. The summed E-state index contributed by atoms with van der Waals surface area (Å²) in [7, 11) is 0. The van der Waals surface area contributed by atoms with Gasteiger partial charge in [0.1, 0.15) is 31.0 Å². The Kier molecular flexibility index (Phi) is 5.67. The van der Waals surface area contributed by atoms with Gasteiger partial charge in [-0.25, -0.2) is 0 Å². The fourth-order valence-electron chi connectivity index (χ4n) is 2.07. The number of rotatable bonds is 6. The molecule has 0 radical (unpaired) electrons. The van der Waals surface area contributed by atoms with Crippen molar-refractivity contribution in [2.24, 2.45) is 0 Å². The molecule has 0 saturated carbocycles. The van der Waals surface area contributed by atoms with Gasteiger partial charge in [0.15, 0.2) is 0 Å². The standard InChI is InChI=1S/C19H21ClO3/c1-19(2,3)15-5-7-16(8-6-15)22-10-11-23-18-9-4-14(13-21)12-17(18)20/h4-9,12-13H,10-11H2,1-3H3. The van der Waals surface area contributed by atoms with Crippen LogP contribution in [-0.2, 0) is 5.41 Å². The highest BCUT2D eigenvalue weighted by Crippen LogP contribution is 2.25. The largest absolute Gasteiger partial charge is 0.490 e. The minimum absolute atomic E-state index is 0.131. The lowest BCUT2D eigenvalue weighted by atomic mass is 9.87. The zero-order valence-corrected chi connectivity index (χ0v) is 14.4. The Morgan fingerprint density at radius 2 is 1.65 bits per heavy atom. The fourth-order valence-corrected chi connectivity index (χ4v) is 2.31. The number of carbonyl (C=O) groups excluding carboxylic acids is 1. The van der Waals surface area contributed by atoms with E-state index in [9.17, 15) is 4.79 Å². The first-order chi connectivity index (χ1) is 10.9. The third kappa shape index (κ3) is 5.00. The minimum Gasteiger partial charge on any atom is -0.490 e. The monoisotopic (exact) mass is 332 g/mol. The number of hydrogen-bond acceptors (Lipinski definition) is 3. The summed E-state index contributed by atoms with van der Waals surface area (Å²) in [6, 6.07) is 13.0. The van der Waals surface area contributed by atoms with Crippen LogP contribution in [0.15, 0.2) is 42.5 Å². The first-order valence-electron chi connectivity index (χ1n) is 7.51. The van der Waals surface area contributed by atoms with Crippen LogP contribution < -0.4 is 9.47 Å². The van der Waals surface area contributed by atoms with Gasteiger partial charge in [0, 0.05) is 5.56 Å². The van der Waals surface area contributed by atoms with E-state index >= 15 is 0 Å². The normalized spacial score (nSPS) is 11.1. The van der Waals surface area contributed by atoms with E-state index in [4.69, 9.17) is 21.1 Å². The summed E-state index contributed by atoms with van der Waals surface area (Å²) < 4.78 is 11.2. The third-order valence-electron chi connectivity index (χ3n) is 3.42. The second-order valence-corrected chi connectivity index (χ2v) is 6.69. The molecule has 2 rings (SSSR count). The molecule has 0 aromatic heterocycles. The molecule has 0 aliphatic carbocycles. The Bertz CT molecular complexity index is 657. The fraction of sp³-hybridized carbons (Fsp3) is 0.316. The molecule has 0 bridgehead atoms. The molecule has 0 N–H and O–H groups in total. The van der Waals surface area contributed by atoms with Crippen LogP contribution in [0, 0.1) is 0 Å². The van der Waals surface area contributed by atoms with Crippen LogP contribution in [-0.4, -0.2) is 19.5 Å². The van der Waals surface area contributed by atoms with Crippen molar-refractivity contribution in [3.05, 3.63) is 58.6 Å². The van der Waals surface area contributed by atoms with Crippen molar-refractivity contribution in [2.75, 3.05) is 13.2 Å². The van der Waals surface area contributed by atoms with Gasteiger partial charge in [-0.15, -0.1) is 0 Å². The zero-order valence-electron chi connectivity index (χ0n) is 13.6. The number of hydrogen-bond donors (Lipinski definition) is 0. The average molecular weight is 333 g/mol. The lowest BCUT2D eigenvalue weighted by Gasteiger charge is -2.19. The molecule has 4 heteroatoms. The number of carbonyl (C=O) groups is 1. The average Bonchev–Trinajstić information content (AvgIpc) is 2.52. The summed E-state index contributed by atoms with van der Waals surface area (Å²) in [4.78, 5) is 10.7. The first kappa shape index (κ1) is 17.4. The molecular weight excluding hydrogens is 312 g/mol. The van der Waals surface area contributed by atoms with E-state index in [2.05, 4.69) is 32.9 Å². The highest BCUT2D eigenvalue weighted by Gasteiger charge is 2.12. The van der Waals surface area contributed by atoms with Crippen molar-refractivity contribution in [1.29, 1.82) is 0 Å². The molecule has 0 amide bonds. The molecule has 0 spiro atoms. The lowest BCUT2D eigenvalue weighted by molar-refractivity contribution is 0.112. The summed E-state index contributed by atoms with van der Waals surface area (Å²) in [6.07, 6.45) is 0.750. The van der Waals surface area contributed by atoms with Crippen molar-refractivity contribution < 1.29 is 14.3 Å². The summed E-state index contributed by atoms with van der Waals surface area (Å²) in [6.45, 7) is 7.32. The van der Waals surface area contributed by atoms with Gasteiger partial charge in [-0.3, -0.25) is 4.79 Å². The topological polar surface area (TPSA) is 35.5 Å². The van der Waals surface area contributed by atoms with Gasteiger partial charge in [-0.05, 0) is 41.3 Å². The van der Waals surface area contributed by atoms with Gasteiger partial charge in [0.25, 0.3) is 0 Å². The maximum Gasteiger partial charge on any atom is 0.150 e. The third-order valence-corrected chi connectivity index (χ3v) is 3.72. The zero-order chi connectivity index (χ0) is 16.9. The molecule has 122 valence electrons. The van der Waals surface area contributed by atoms with Crippen molar-refractivity contribution in [2.45, 2.75) is 26.2 Å². The molecule has 0 aliphatic heterocycles. The number of aldehydes is 1. The molecule has 2 aromatic carbocycles. The van der Waals surface area contributed by atoms with Crippen molar-refractivity contribution in [3.8, 4) is 11.5 Å². The smallest absolute Gasteiger partial charge is 0.150 e. The number of halogens is 1. The molecule has 0 unspecified atom stereocenters. The van der Waals surface area contributed by atoms with Crippen LogP contribution in [0.4, 0.5) is 0 Å². The van der Waals surface area contributed by atoms with Crippen LogP contribution in [0.5, 0.6) is 11.5 Å². The molecule has 3 nitrogen and oxygen atoms in total. The van der Waals surface area contributed by atoms with E-state index in [-0.39, 0.29) is 5.41 Å². The number of ether oxygens (including phenoxy) is 2. The van der Waals surface area contributed by atoms with E-state index in [0.717, 1.165) is 12.0 Å². The highest BCUT2D eigenvalue weighted by molar-refractivity contribution is 6.32. The Labute approximate surface area is 142 Å². The molecule has 23 heavy (non-hydrogen) atoms. The molecule has 0 saturated heterocycles. The molecule has 0 atom stereocenters. The van der Waals surface area contributed by atoms with Crippen LogP contribution in [0.2, 0.25) is 5.02 Å². The first-order valence-corrected chi connectivity index (χ1v) is 7.89. The Morgan fingerprint density at radius 1 is 1.00 bits per heavy atom. The van der Waals surface area contributed by atoms with E-state index in [1.807, 2.05) is 12.1 Å². The van der Waals surface area contributed by atoms with Crippen molar-refractivity contribution in [3.63, 3.8) is 0 Å². The Morgan fingerprint density at radius 3 is 2.22 bits per heavy atom. The van der Waals surface area contributed by atoms with Gasteiger partial charge in [-0.1, -0.05) is 44.5 Å². The van der Waals surface area contributed by atoms with Crippen molar-refractivity contribution in [1.82, 2.24) is 0 Å². The second-order valence-electron chi connectivity index (χ2n) is 6.28. The van der Waals surface area contributed by atoms with Gasteiger partial charge < -0.3 is 9.47 Å². The second kappa shape index (κ2) is 7.51. The van der Waals surface area contributed by atoms with Gasteiger partial charge in [0.2, 0.25) is 0 Å². The van der Waals surface area contributed by atoms with E-state index < -0.39 is 0 Å².